The number of benzene rings is 2. The molecule has 0 atom stereocenters. The normalized spacial score (nSPS) is 12.0. The lowest BCUT2D eigenvalue weighted by atomic mass is 9.98. The van der Waals surface area contributed by atoms with Gasteiger partial charge in [0.2, 0.25) is 0 Å². The Morgan fingerprint density at radius 2 is 1.71 bits per heavy atom. The van der Waals surface area contributed by atoms with E-state index in [-0.39, 0.29) is 43.3 Å². The van der Waals surface area contributed by atoms with Gasteiger partial charge >= 0.3 is 12.1 Å². The van der Waals surface area contributed by atoms with Crippen LogP contribution in [0.5, 0.6) is 0 Å². The zero-order chi connectivity index (χ0) is 24.8. The first-order chi connectivity index (χ1) is 17.0. The second kappa shape index (κ2) is 10.9. The Morgan fingerprint density at radius 1 is 1.06 bits per heavy atom. The topological polar surface area (TPSA) is 122 Å². The Kier molecular flexibility index (Phi) is 7.45. The van der Waals surface area contributed by atoms with Crippen molar-refractivity contribution in [2.24, 2.45) is 0 Å². The van der Waals surface area contributed by atoms with Gasteiger partial charge in [-0.1, -0.05) is 60.6 Å². The van der Waals surface area contributed by atoms with E-state index in [0.29, 0.717) is 13.0 Å². The minimum absolute atomic E-state index is 0.0609. The van der Waals surface area contributed by atoms with E-state index in [1.54, 1.807) is 0 Å². The van der Waals surface area contributed by atoms with Gasteiger partial charge in [-0.15, -0.1) is 0 Å². The molecule has 0 fully saturated rings. The van der Waals surface area contributed by atoms with E-state index in [4.69, 9.17) is 14.4 Å². The number of carbonyl (C=O) groups excluding carboxylic acids is 2. The highest BCUT2D eigenvalue weighted by Gasteiger charge is 2.29. The molecule has 1 aliphatic rings. The number of amides is 2. The third kappa shape index (κ3) is 5.34. The van der Waals surface area contributed by atoms with Gasteiger partial charge in [-0.05, 0) is 28.7 Å². The van der Waals surface area contributed by atoms with Gasteiger partial charge < -0.3 is 24.6 Å². The van der Waals surface area contributed by atoms with Gasteiger partial charge in [0.05, 0.1) is 13.0 Å². The van der Waals surface area contributed by atoms with Gasteiger partial charge in [-0.25, -0.2) is 4.79 Å². The molecule has 0 saturated heterocycles. The Labute approximate surface area is 202 Å². The molecule has 2 aromatic carbocycles. The van der Waals surface area contributed by atoms with Crippen molar-refractivity contribution in [3.8, 4) is 11.1 Å². The Balaban J connectivity index is 1.36. The first-order valence-electron chi connectivity index (χ1n) is 11.5. The van der Waals surface area contributed by atoms with Crippen molar-refractivity contribution in [3.63, 3.8) is 0 Å². The fraction of sp³-hybridized carbons (Fsp3) is 0.308. The summed E-state index contributed by atoms with van der Waals surface area (Å²) in [6.45, 7) is 2.48. The molecule has 0 unspecified atom stereocenters. The average Bonchev–Trinajstić information content (AvgIpc) is 3.46. The van der Waals surface area contributed by atoms with Crippen molar-refractivity contribution in [1.29, 1.82) is 0 Å². The number of carbonyl (C=O) groups is 3. The first-order valence-corrected chi connectivity index (χ1v) is 11.5. The smallest absolute Gasteiger partial charge is 0.407 e. The standard InChI is InChI=1S/C26H27N3O6/c1-2-12-29(13-11-24(30)31)25(32)22-16-35-28-23(22)14-27-26(33)34-15-21-19-9-5-3-7-17(19)18-8-4-6-10-20(18)21/h3-10,16,21H,2,11-15H2,1H3,(H,27,33)(H,30,31). The van der Waals surface area contributed by atoms with Crippen molar-refractivity contribution >= 4 is 18.0 Å². The van der Waals surface area contributed by atoms with Crippen LogP contribution in [-0.4, -0.2) is 52.8 Å². The summed E-state index contributed by atoms with van der Waals surface area (Å²) in [6.07, 6.45) is 1.08. The van der Waals surface area contributed by atoms with Crippen LogP contribution in [0.25, 0.3) is 11.1 Å². The van der Waals surface area contributed by atoms with E-state index < -0.39 is 18.0 Å². The molecule has 182 valence electrons. The van der Waals surface area contributed by atoms with Gasteiger partial charge in [-0.2, -0.15) is 0 Å². The molecule has 9 heteroatoms. The molecule has 1 aliphatic carbocycles. The third-order valence-electron chi connectivity index (χ3n) is 5.99. The van der Waals surface area contributed by atoms with Crippen LogP contribution in [0.4, 0.5) is 4.79 Å². The number of hydrogen-bond acceptors (Lipinski definition) is 6. The number of ether oxygens (including phenoxy) is 1. The number of rotatable bonds is 10. The van der Waals surface area contributed by atoms with Crippen LogP contribution in [0.1, 0.15) is 52.9 Å². The van der Waals surface area contributed by atoms with Crippen molar-refractivity contribution in [1.82, 2.24) is 15.4 Å². The summed E-state index contributed by atoms with van der Waals surface area (Å²) >= 11 is 0. The predicted octanol–water partition coefficient (Wildman–Crippen LogP) is 4.04. The summed E-state index contributed by atoms with van der Waals surface area (Å²) in [5, 5.41) is 15.4. The lowest BCUT2D eigenvalue weighted by Gasteiger charge is -2.21. The molecule has 1 aromatic heterocycles. The quantitative estimate of drug-likeness (QED) is 0.452. The molecule has 0 bridgehead atoms. The number of carboxylic acid groups (broad SMARTS) is 1. The molecule has 0 saturated carbocycles. The molecule has 0 aliphatic heterocycles. The van der Waals surface area contributed by atoms with Crippen LogP contribution in [-0.2, 0) is 16.1 Å². The van der Waals surface area contributed by atoms with E-state index in [0.717, 1.165) is 22.3 Å². The lowest BCUT2D eigenvalue weighted by molar-refractivity contribution is -0.137. The SMILES string of the molecule is CCCN(CCC(=O)O)C(=O)c1conc1CNC(=O)OCC1c2ccccc2-c2ccccc21. The highest BCUT2D eigenvalue weighted by atomic mass is 16.5. The number of carboxylic acids is 1. The second-order valence-corrected chi connectivity index (χ2v) is 8.29. The number of nitrogens with one attached hydrogen (secondary N) is 1. The van der Waals surface area contributed by atoms with E-state index >= 15 is 0 Å². The second-order valence-electron chi connectivity index (χ2n) is 8.29. The summed E-state index contributed by atoms with van der Waals surface area (Å²) in [7, 11) is 0. The monoisotopic (exact) mass is 477 g/mol. The zero-order valence-electron chi connectivity index (χ0n) is 19.4. The maximum atomic E-state index is 12.9. The molecule has 3 aromatic rings. The fourth-order valence-electron chi connectivity index (χ4n) is 4.35. The third-order valence-corrected chi connectivity index (χ3v) is 5.99. The van der Waals surface area contributed by atoms with Crippen molar-refractivity contribution < 1.29 is 28.8 Å². The Morgan fingerprint density at radius 3 is 2.34 bits per heavy atom. The zero-order valence-corrected chi connectivity index (χ0v) is 19.4. The van der Waals surface area contributed by atoms with Gasteiger partial charge in [-0.3, -0.25) is 9.59 Å². The minimum Gasteiger partial charge on any atom is -0.481 e. The number of nitrogens with zero attached hydrogens (tertiary/aromatic N) is 2. The number of alkyl carbamates (subject to hydrolysis) is 1. The van der Waals surface area contributed by atoms with Crippen LogP contribution in [0.3, 0.4) is 0 Å². The largest absolute Gasteiger partial charge is 0.481 e. The maximum absolute atomic E-state index is 12.9. The Hall–Kier alpha value is -4.14. The van der Waals surface area contributed by atoms with E-state index in [1.807, 2.05) is 43.3 Å². The average molecular weight is 478 g/mol. The molecule has 0 spiro atoms. The summed E-state index contributed by atoms with van der Waals surface area (Å²) in [4.78, 5) is 37.7. The number of fused-ring (bicyclic) bond motifs is 3. The molecule has 9 nitrogen and oxygen atoms in total. The molecular formula is C26H27N3O6. The van der Waals surface area contributed by atoms with Crippen LogP contribution in [0.2, 0.25) is 0 Å². The molecule has 2 N–H and O–H groups in total. The van der Waals surface area contributed by atoms with Crippen LogP contribution in [0.15, 0.2) is 59.3 Å². The maximum Gasteiger partial charge on any atom is 0.407 e. The van der Waals surface area contributed by atoms with Gasteiger partial charge in [0, 0.05) is 19.0 Å². The van der Waals surface area contributed by atoms with Gasteiger partial charge in [0.15, 0.2) is 0 Å². The highest BCUT2D eigenvalue weighted by Crippen LogP contribution is 2.44. The van der Waals surface area contributed by atoms with Crippen LogP contribution < -0.4 is 5.32 Å². The minimum atomic E-state index is -0.985. The number of aliphatic carboxylic acids is 1. The number of hydrogen-bond donors (Lipinski definition) is 2. The molecule has 4 rings (SSSR count). The number of aromatic nitrogens is 1. The lowest BCUT2D eigenvalue weighted by Crippen LogP contribution is -2.34. The van der Waals surface area contributed by atoms with Crippen molar-refractivity contribution in [2.45, 2.75) is 32.2 Å². The van der Waals surface area contributed by atoms with E-state index in [9.17, 15) is 14.4 Å². The first kappa shape index (κ1) is 24.0. The Bertz CT molecular complexity index is 1180. The van der Waals surface area contributed by atoms with E-state index in [2.05, 4.69) is 22.6 Å². The molecular weight excluding hydrogens is 450 g/mol. The predicted molar refractivity (Wildman–Crippen MR) is 127 cm³/mol. The van der Waals surface area contributed by atoms with Gasteiger partial charge in [0.1, 0.15) is 24.1 Å². The molecule has 1 heterocycles. The summed E-state index contributed by atoms with van der Waals surface area (Å²) in [5.74, 6) is -1.44. The molecule has 35 heavy (non-hydrogen) atoms. The van der Waals surface area contributed by atoms with Crippen molar-refractivity contribution in [3.05, 3.63) is 77.2 Å². The molecule has 2 amide bonds. The van der Waals surface area contributed by atoms with Crippen molar-refractivity contribution in [2.75, 3.05) is 19.7 Å². The van der Waals surface area contributed by atoms with Gasteiger partial charge in [0.25, 0.3) is 5.91 Å². The molecule has 0 radical (unpaired) electrons. The fourth-order valence-corrected chi connectivity index (χ4v) is 4.35. The van der Waals surface area contributed by atoms with Crippen LogP contribution >= 0.6 is 0 Å². The highest BCUT2D eigenvalue weighted by molar-refractivity contribution is 5.95. The van der Waals surface area contributed by atoms with Crippen LogP contribution in [0, 0.1) is 0 Å². The summed E-state index contributed by atoms with van der Waals surface area (Å²) in [6, 6.07) is 16.1. The summed E-state index contributed by atoms with van der Waals surface area (Å²) in [5.41, 5.74) is 4.94. The van der Waals surface area contributed by atoms with E-state index in [1.165, 1.54) is 11.2 Å². The summed E-state index contributed by atoms with van der Waals surface area (Å²) < 4.78 is 10.5.